The first kappa shape index (κ1) is 33.2. The van der Waals surface area contributed by atoms with Crippen LogP contribution in [0.5, 0.6) is 5.75 Å². The molecule has 3 aromatic carbocycles. The van der Waals surface area contributed by atoms with Gasteiger partial charge in [-0.05, 0) is 93.4 Å². The average Bonchev–Trinajstić information content (AvgIpc) is 2.94. The molecule has 8 nitrogen and oxygen atoms in total. The molecule has 0 aromatic heterocycles. The molecule has 0 saturated carbocycles. The first-order valence-electron chi connectivity index (χ1n) is 13.4. The summed E-state index contributed by atoms with van der Waals surface area (Å²) in [4.78, 5) is 28.5. The topological polar surface area (TPSA) is 96.0 Å². The minimum absolute atomic E-state index is 0.0416. The first-order chi connectivity index (χ1) is 19.9. The Labute approximate surface area is 256 Å². The van der Waals surface area contributed by atoms with E-state index in [-0.39, 0.29) is 40.5 Å². The van der Waals surface area contributed by atoms with Crippen LogP contribution < -0.4 is 14.4 Å². The predicted molar refractivity (Wildman–Crippen MR) is 163 cm³/mol. The van der Waals surface area contributed by atoms with Gasteiger partial charge >= 0.3 is 0 Å². The molecule has 12 heteroatoms. The first-order valence-corrected chi connectivity index (χ1v) is 15.6. The summed E-state index contributed by atoms with van der Waals surface area (Å²) in [6.45, 7) is 6.87. The Hall–Kier alpha value is -3.34. The second kappa shape index (κ2) is 14.7. The molecule has 3 aromatic rings. The van der Waals surface area contributed by atoms with Crippen molar-refractivity contribution in [1.29, 1.82) is 0 Å². The highest BCUT2D eigenvalue weighted by molar-refractivity contribution is 7.92. The van der Waals surface area contributed by atoms with Gasteiger partial charge in [-0.2, -0.15) is 0 Å². The van der Waals surface area contributed by atoms with E-state index in [4.69, 9.17) is 27.9 Å². The van der Waals surface area contributed by atoms with Crippen LogP contribution in [0.15, 0.2) is 71.6 Å². The van der Waals surface area contributed by atoms with E-state index < -0.39 is 34.3 Å². The zero-order chi connectivity index (χ0) is 31.0. The Morgan fingerprint density at radius 2 is 1.60 bits per heavy atom. The van der Waals surface area contributed by atoms with Gasteiger partial charge in [0.25, 0.3) is 10.0 Å². The SMILES string of the molecule is CCOc1ccc(S(=O)(=O)N(CC(=O)N(Cc2ccc(Cl)c(Cl)c2)[C@H](CC)C(=O)NC(C)C)c2ccc(F)cc2)cc1. The minimum atomic E-state index is -4.32. The number of halogens is 3. The van der Waals surface area contributed by atoms with Gasteiger partial charge in [-0.25, -0.2) is 12.8 Å². The van der Waals surface area contributed by atoms with Crippen LogP contribution in [-0.2, 0) is 26.2 Å². The maximum absolute atomic E-state index is 14.0. The van der Waals surface area contributed by atoms with Crippen molar-refractivity contribution >= 4 is 50.7 Å². The predicted octanol–water partition coefficient (Wildman–Crippen LogP) is 6.06. The number of amides is 2. The summed E-state index contributed by atoms with van der Waals surface area (Å²) < 4.78 is 48.0. The van der Waals surface area contributed by atoms with Crippen molar-refractivity contribution < 1.29 is 27.1 Å². The molecule has 0 bridgehead atoms. The molecule has 0 saturated heterocycles. The molecule has 1 N–H and O–H groups in total. The van der Waals surface area contributed by atoms with Gasteiger partial charge in [0.2, 0.25) is 11.8 Å². The number of sulfonamides is 1. The highest BCUT2D eigenvalue weighted by Gasteiger charge is 2.34. The number of nitrogens with zero attached hydrogens (tertiary/aromatic N) is 2. The lowest BCUT2D eigenvalue weighted by molar-refractivity contribution is -0.140. The number of hydrogen-bond donors (Lipinski definition) is 1. The smallest absolute Gasteiger partial charge is 0.264 e. The Morgan fingerprint density at radius 3 is 2.14 bits per heavy atom. The molecule has 0 aliphatic carbocycles. The van der Waals surface area contributed by atoms with Gasteiger partial charge in [-0.3, -0.25) is 13.9 Å². The Balaban J connectivity index is 2.06. The van der Waals surface area contributed by atoms with Gasteiger partial charge in [-0.1, -0.05) is 36.2 Å². The van der Waals surface area contributed by atoms with Crippen LogP contribution >= 0.6 is 23.2 Å². The normalized spacial score (nSPS) is 12.1. The number of carbonyl (C=O) groups excluding carboxylic acids is 2. The Bertz CT molecular complexity index is 1490. The van der Waals surface area contributed by atoms with Gasteiger partial charge in [0, 0.05) is 12.6 Å². The monoisotopic (exact) mass is 637 g/mol. The summed E-state index contributed by atoms with van der Waals surface area (Å²) in [6.07, 6.45) is 0.258. The van der Waals surface area contributed by atoms with Crippen LogP contribution in [0.25, 0.3) is 0 Å². The molecule has 42 heavy (non-hydrogen) atoms. The lowest BCUT2D eigenvalue weighted by atomic mass is 10.1. The molecular formula is C30H34Cl2FN3O5S. The molecule has 2 amide bonds. The molecule has 0 aliphatic rings. The Kier molecular flexibility index (Phi) is 11.6. The molecule has 0 spiro atoms. The van der Waals surface area contributed by atoms with E-state index in [0.717, 1.165) is 16.4 Å². The van der Waals surface area contributed by atoms with Gasteiger partial charge in [0.05, 0.1) is 27.2 Å². The van der Waals surface area contributed by atoms with Crippen molar-refractivity contribution in [2.45, 2.75) is 57.6 Å². The van der Waals surface area contributed by atoms with Crippen LogP contribution in [0.3, 0.4) is 0 Å². The molecule has 1 atom stereocenters. The van der Waals surface area contributed by atoms with E-state index in [2.05, 4.69) is 5.32 Å². The highest BCUT2D eigenvalue weighted by atomic mass is 35.5. The summed E-state index contributed by atoms with van der Waals surface area (Å²) in [5, 5.41) is 3.43. The number of rotatable bonds is 13. The average molecular weight is 639 g/mol. The third-order valence-electron chi connectivity index (χ3n) is 6.27. The number of benzene rings is 3. The number of anilines is 1. The van der Waals surface area contributed by atoms with Crippen LogP contribution in [-0.4, -0.2) is 50.4 Å². The third-order valence-corrected chi connectivity index (χ3v) is 8.80. The van der Waals surface area contributed by atoms with E-state index in [1.54, 1.807) is 45.9 Å². The lowest BCUT2D eigenvalue weighted by Crippen LogP contribution is -2.53. The molecular weight excluding hydrogens is 604 g/mol. The third kappa shape index (κ3) is 8.36. The summed E-state index contributed by atoms with van der Waals surface area (Å²) in [6, 6.07) is 14.3. The molecule has 0 unspecified atom stereocenters. The quantitative estimate of drug-likeness (QED) is 0.246. The van der Waals surface area contributed by atoms with Crippen molar-refractivity contribution in [3.63, 3.8) is 0 Å². The fourth-order valence-electron chi connectivity index (χ4n) is 4.27. The zero-order valence-electron chi connectivity index (χ0n) is 23.8. The fraction of sp³-hybridized carbons (Fsp3) is 0.333. The summed E-state index contributed by atoms with van der Waals surface area (Å²) in [7, 11) is -4.32. The summed E-state index contributed by atoms with van der Waals surface area (Å²) >= 11 is 12.3. The maximum atomic E-state index is 14.0. The second-order valence-electron chi connectivity index (χ2n) is 9.75. The Morgan fingerprint density at radius 1 is 0.952 bits per heavy atom. The molecule has 3 rings (SSSR count). The molecule has 226 valence electrons. The summed E-state index contributed by atoms with van der Waals surface area (Å²) in [5.41, 5.74) is 0.670. The van der Waals surface area contributed by atoms with E-state index in [1.807, 2.05) is 0 Å². The van der Waals surface area contributed by atoms with E-state index >= 15 is 0 Å². The van der Waals surface area contributed by atoms with Crippen LogP contribution in [0.4, 0.5) is 10.1 Å². The van der Waals surface area contributed by atoms with Gasteiger partial charge in [0.15, 0.2) is 0 Å². The van der Waals surface area contributed by atoms with E-state index in [0.29, 0.717) is 22.9 Å². The fourth-order valence-corrected chi connectivity index (χ4v) is 6.01. The lowest BCUT2D eigenvalue weighted by Gasteiger charge is -2.33. The molecule has 0 fully saturated rings. The van der Waals surface area contributed by atoms with Crippen LogP contribution in [0.2, 0.25) is 10.0 Å². The molecule has 0 heterocycles. The van der Waals surface area contributed by atoms with Crippen molar-refractivity contribution in [2.24, 2.45) is 0 Å². The summed E-state index contributed by atoms with van der Waals surface area (Å²) in [5.74, 6) is -1.12. The minimum Gasteiger partial charge on any atom is -0.494 e. The zero-order valence-corrected chi connectivity index (χ0v) is 26.1. The van der Waals surface area contributed by atoms with Gasteiger partial charge in [-0.15, -0.1) is 0 Å². The second-order valence-corrected chi connectivity index (χ2v) is 12.4. The molecule has 0 aliphatic heterocycles. The number of nitrogens with one attached hydrogen (secondary N) is 1. The number of carbonyl (C=O) groups is 2. The highest BCUT2D eigenvalue weighted by Crippen LogP contribution is 2.28. The number of hydrogen-bond acceptors (Lipinski definition) is 5. The molecule has 0 radical (unpaired) electrons. The van der Waals surface area contributed by atoms with Crippen LogP contribution in [0.1, 0.15) is 39.7 Å². The maximum Gasteiger partial charge on any atom is 0.264 e. The van der Waals surface area contributed by atoms with E-state index in [1.165, 1.54) is 41.3 Å². The largest absolute Gasteiger partial charge is 0.494 e. The van der Waals surface area contributed by atoms with Gasteiger partial charge in [0.1, 0.15) is 24.2 Å². The van der Waals surface area contributed by atoms with Crippen LogP contribution in [0, 0.1) is 5.82 Å². The number of ether oxygens (including phenoxy) is 1. The van der Waals surface area contributed by atoms with Gasteiger partial charge < -0.3 is 15.0 Å². The van der Waals surface area contributed by atoms with Crippen molar-refractivity contribution in [3.05, 3.63) is 88.2 Å². The van der Waals surface area contributed by atoms with Crippen molar-refractivity contribution in [3.8, 4) is 5.75 Å². The van der Waals surface area contributed by atoms with E-state index in [9.17, 15) is 22.4 Å². The van der Waals surface area contributed by atoms with Crippen molar-refractivity contribution in [2.75, 3.05) is 17.5 Å². The van der Waals surface area contributed by atoms with Crippen molar-refractivity contribution in [1.82, 2.24) is 10.2 Å². The standard InChI is InChI=1S/C30H34Cl2FN3O5S/c1-5-28(30(38)34-20(3)4)35(18-21-7-16-26(31)27(32)17-21)29(37)19-36(23-10-8-22(33)9-11-23)42(39,40)25-14-12-24(13-15-25)41-6-2/h7-17,20,28H,5-6,18-19H2,1-4H3,(H,34,38)/t28-/m1/s1.